The van der Waals surface area contributed by atoms with Crippen molar-refractivity contribution in [2.24, 2.45) is 0 Å². The van der Waals surface area contributed by atoms with Crippen LogP contribution in [0.5, 0.6) is 0 Å². The lowest BCUT2D eigenvalue weighted by Crippen LogP contribution is -2.19. The van der Waals surface area contributed by atoms with Crippen LogP contribution in [0.3, 0.4) is 0 Å². The molecule has 0 aliphatic rings. The first-order chi connectivity index (χ1) is 8.72. The molecule has 0 aliphatic heterocycles. The second kappa shape index (κ2) is 5.92. The summed E-state index contributed by atoms with van der Waals surface area (Å²) in [5, 5.41) is 0. The Morgan fingerprint density at radius 1 is 1.00 bits per heavy atom. The van der Waals surface area contributed by atoms with Crippen LogP contribution in [-0.4, -0.2) is 4.75 Å². The minimum atomic E-state index is 0.0305. The van der Waals surface area contributed by atoms with E-state index in [1.165, 1.54) is 10.5 Å². The molecule has 0 aliphatic carbocycles. The van der Waals surface area contributed by atoms with E-state index in [0.717, 1.165) is 6.42 Å². The lowest BCUT2D eigenvalue weighted by molar-refractivity contribution is 0.784. The van der Waals surface area contributed by atoms with Crippen LogP contribution in [0.1, 0.15) is 12.5 Å². The molecule has 0 aromatic heterocycles. The zero-order valence-electron chi connectivity index (χ0n) is 10.7. The highest BCUT2D eigenvalue weighted by atomic mass is 32.2. The molecular weight excluding hydrogens is 236 g/mol. The predicted octanol–water partition coefficient (Wildman–Crippen LogP) is 4.97. The van der Waals surface area contributed by atoms with Crippen molar-refractivity contribution in [3.05, 3.63) is 78.9 Å². The maximum absolute atomic E-state index is 4.00. The molecular formula is C17H18S. The van der Waals surface area contributed by atoms with Gasteiger partial charge >= 0.3 is 0 Å². The highest BCUT2D eigenvalue weighted by Crippen LogP contribution is 2.36. The van der Waals surface area contributed by atoms with Gasteiger partial charge in [0.2, 0.25) is 0 Å². The molecule has 0 nitrogen and oxygen atoms in total. The van der Waals surface area contributed by atoms with Crippen molar-refractivity contribution in [3.63, 3.8) is 0 Å². The number of benzene rings is 2. The Labute approximate surface area is 114 Å². The Morgan fingerprint density at radius 3 is 2.11 bits per heavy atom. The van der Waals surface area contributed by atoms with Crippen LogP contribution in [0, 0.1) is 0 Å². The smallest absolute Gasteiger partial charge is 0.0395 e. The first-order valence-corrected chi connectivity index (χ1v) is 6.95. The first-order valence-electron chi connectivity index (χ1n) is 6.13. The van der Waals surface area contributed by atoms with E-state index < -0.39 is 0 Å². The summed E-state index contributed by atoms with van der Waals surface area (Å²) in [6.45, 7) is 6.25. The number of hydrogen-bond acceptors (Lipinski definition) is 1. The maximum Gasteiger partial charge on any atom is 0.0395 e. The van der Waals surface area contributed by atoms with Gasteiger partial charge in [0, 0.05) is 9.64 Å². The molecule has 1 heteroatoms. The van der Waals surface area contributed by atoms with Crippen molar-refractivity contribution in [3.8, 4) is 0 Å². The molecule has 0 saturated heterocycles. The topological polar surface area (TPSA) is 0 Å². The minimum Gasteiger partial charge on any atom is -0.115 e. The summed E-state index contributed by atoms with van der Waals surface area (Å²) in [5.74, 6) is 0. The Balaban J connectivity index is 2.13. The van der Waals surface area contributed by atoms with Crippen molar-refractivity contribution in [2.45, 2.75) is 23.0 Å². The molecule has 0 fully saturated rings. The van der Waals surface area contributed by atoms with Crippen LogP contribution in [0.15, 0.2) is 78.2 Å². The van der Waals surface area contributed by atoms with E-state index in [2.05, 4.69) is 74.2 Å². The van der Waals surface area contributed by atoms with Crippen molar-refractivity contribution >= 4 is 11.8 Å². The second-order valence-electron chi connectivity index (χ2n) is 4.59. The quantitative estimate of drug-likeness (QED) is 0.536. The molecule has 0 amide bonds. The molecule has 0 spiro atoms. The third-order valence-electron chi connectivity index (χ3n) is 2.92. The average molecular weight is 254 g/mol. The van der Waals surface area contributed by atoms with Crippen LogP contribution in [0.2, 0.25) is 0 Å². The van der Waals surface area contributed by atoms with Gasteiger partial charge in [-0.05, 0) is 31.0 Å². The lowest BCUT2D eigenvalue weighted by Gasteiger charge is -2.25. The fourth-order valence-corrected chi connectivity index (χ4v) is 3.06. The molecule has 2 rings (SSSR count). The van der Waals surface area contributed by atoms with Crippen LogP contribution < -0.4 is 0 Å². The summed E-state index contributed by atoms with van der Waals surface area (Å²) >= 11 is 1.87. The van der Waals surface area contributed by atoms with Gasteiger partial charge in [0.25, 0.3) is 0 Å². The van der Waals surface area contributed by atoms with Gasteiger partial charge in [0.15, 0.2) is 0 Å². The lowest BCUT2D eigenvalue weighted by atomic mass is 10.0. The van der Waals surface area contributed by atoms with Crippen LogP contribution in [0.4, 0.5) is 0 Å². The highest BCUT2D eigenvalue weighted by molar-refractivity contribution is 8.00. The molecule has 92 valence electrons. The maximum atomic E-state index is 4.00. The SMILES string of the molecule is C=C[C@](C)(Cc1ccccc1)Sc1ccccc1. The minimum absolute atomic E-state index is 0.0305. The zero-order chi connectivity index (χ0) is 12.8. The summed E-state index contributed by atoms with van der Waals surface area (Å²) in [7, 11) is 0. The normalized spacial score (nSPS) is 13.8. The molecule has 0 radical (unpaired) electrons. The van der Waals surface area contributed by atoms with Crippen molar-refractivity contribution < 1.29 is 0 Å². The van der Waals surface area contributed by atoms with E-state index in [0.29, 0.717) is 0 Å². The zero-order valence-corrected chi connectivity index (χ0v) is 11.5. The Bertz CT molecular complexity index is 446. The summed E-state index contributed by atoms with van der Waals surface area (Å²) < 4.78 is 0.0305. The standard InChI is InChI=1S/C17H18S/c1-3-17(2,14-15-10-6-4-7-11-15)18-16-12-8-5-9-13-16/h3-13H,1,14H2,2H3/t17-/m1/s1. The van der Waals surface area contributed by atoms with E-state index in [9.17, 15) is 0 Å². The molecule has 0 unspecified atom stereocenters. The second-order valence-corrected chi connectivity index (χ2v) is 6.20. The monoisotopic (exact) mass is 254 g/mol. The highest BCUT2D eigenvalue weighted by Gasteiger charge is 2.22. The van der Waals surface area contributed by atoms with Crippen LogP contribution in [0.25, 0.3) is 0 Å². The van der Waals surface area contributed by atoms with E-state index in [4.69, 9.17) is 0 Å². The fraction of sp³-hybridized carbons (Fsp3) is 0.176. The third kappa shape index (κ3) is 3.51. The molecule has 0 heterocycles. The van der Waals surface area contributed by atoms with Crippen molar-refractivity contribution in [1.82, 2.24) is 0 Å². The Hall–Kier alpha value is -1.47. The van der Waals surface area contributed by atoms with E-state index in [-0.39, 0.29) is 4.75 Å². The third-order valence-corrected chi connectivity index (χ3v) is 4.21. The van der Waals surface area contributed by atoms with Gasteiger partial charge in [-0.25, -0.2) is 0 Å². The first kappa shape index (κ1) is 13.0. The van der Waals surface area contributed by atoms with Gasteiger partial charge < -0.3 is 0 Å². The Morgan fingerprint density at radius 2 is 1.56 bits per heavy atom. The van der Waals surface area contributed by atoms with Gasteiger partial charge in [0.05, 0.1) is 0 Å². The number of thioether (sulfide) groups is 1. The van der Waals surface area contributed by atoms with Crippen LogP contribution in [-0.2, 0) is 6.42 Å². The van der Waals surface area contributed by atoms with Gasteiger partial charge in [-0.15, -0.1) is 18.3 Å². The summed E-state index contributed by atoms with van der Waals surface area (Å²) in [5.41, 5.74) is 1.35. The van der Waals surface area contributed by atoms with Gasteiger partial charge in [-0.2, -0.15) is 0 Å². The number of rotatable bonds is 5. The number of hydrogen-bond donors (Lipinski definition) is 0. The molecule has 2 aromatic rings. The summed E-state index contributed by atoms with van der Waals surface area (Å²) in [6.07, 6.45) is 3.05. The molecule has 0 saturated carbocycles. The molecule has 18 heavy (non-hydrogen) atoms. The summed E-state index contributed by atoms with van der Waals surface area (Å²) in [4.78, 5) is 1.29. The van der Waals surface area contributed by atoms with Crippen molar-refractivity contribution in [1.29, 1.82) is 0 Å². The largest absolute Gasteiger partial charge is 0.115 e. The molecule has 0 bridgehead atoms. The van der Waals surface area contributed by atoms with Crippen molar-refractivity contribution in [2.75, 3.05) is 0 Å². The molecule has 0 N–H and O–H groups in total. The molecule has 2 aromatic carbocycles. The molecule has 1 atom stereocenters. The van der Waals surface area contributed by atoms with Gasteiger partial charge in [0.1, 0.15) is 0 Å². The van der Waals surface area contributed by atoms with Gasteiger partial charge in [-0.3, -0.25) is 0 Å². The fourth-order valence-electron chi connectivity index (χ4n) is 1.91. The Kier molecular flexibility index (Phi) is 4.27. The predicted molar refractivity (Wildman–Crippen MR) is 81.0 cm³/mol. The van der Waals surface area contributed by atoms with Gasteiger partial charge in [-0.1, -0.05) is 54.6 Å². The van der Waals surface area contributed by atoms with Crippen LogP contribution >= 0.6 is 11.8 Å². The van der Waals surface area contributed by atoms with E-state index in [1.54, 1.807) is 0 Å². The summed E-state index contributed by atoms with van der Waals surface area (Å²) in [6, 6.07) is 21.1. The van der Waals surface area contributed by atoms with E-state index in [1.807, 2.05) is 17.8 Å². The average Bonchev–Trinajstić information content (AvgIpc) is 2.41. The van der Waals surface area contributed by atoms with E-state index >= 15 is 0 Å².